The molecule has 2 rings (SSSR count). The Morgan fingerprint density at radius 3 is 2.56 bits per heavy atom. The molecule has 6 nitrogen and oxygen atoms in total. The standard InChI is InChI=1S/C11H16N5O.BrH/c1-14(2)11(15(3)4)17-16-10-8-6-5-7-9(10)12-13-16;/h5-8H,1-4H3;1H/q+1;/p-1. The molecule has 1 heterocycles. The molecule has 0 aliphatic carbocycles. The largest absolute Gasteiger partial charge is 1.00 e. The van der Waals surface area contributed by atoms with Crippen molar-refractivity contribution >= 4 is 17.1 Å². The zero-order valence-corrected chi connectivity index (χ0v) is 12.4. The number of para-hydroxylation sites is 1. The Bertz CT molecular complexity index is 559. The fourth-order valence-corrected chi connectivity index (χ4v) is 1.56. The van der Waals surface area contributed by atoms with Crippen molar-refractivity contribution in [2.45, 2.75) is 0 Å². The third-order valence-corrected chi connectivity index (χ3v) is 2.25. The van der Waals surface area contributed by atoms with Crippen molar-refractivity contribution in [2.24, 2.45) is 0 Å². The third kappa shape index (κ3) is 2.79. The molecule has 18 heavy (non-hydrogen) atoms. The molecule has 0 bridgehead atoms. The Balaban J connectivity index is 0.00000162. The summed E-state index contributed by atoms with van der Waals surface area (Å²) < 4.78 is 1.87. The highest BCUT2D eigenvalue weighted by molar-refractivity contribution is 5.75. The van der Waals surface area contributed by atoms with Crippen molar-refractivity contribution in [3.8, 4) is 0 Å². The summed E-state index contributed by atoms with van der Waals surface area (Å²) in [5.74, 6) is 0. The van der Waals surface area contributed by atoms with E-state index in [-0.39, 0.29) is 17.0 Å². The monoisotopic (exact) mass is 313 g/mol. The topological polar surface area (TPSA) is 46.2 Å². The molecular formula is C11H16BrN5O. The SMILES string of the molecule is CN(C)C(On1nnc2ccccc21)=[N+](C)C.[Br-]. The van der Waals surface area contributed by atoms with E-state index in [0.717, 1.165) is 11.0 Å². The Kier molecular flexibility index (Phi) is 4.66. The van der Waals surface area contributed by atoms with Crippen LogP contribution in [0.15, 0.2) is 24.3 Å². The van der Waals surface area contributed by atoms with Crippen LogP contribution in [0.3, 0.4) is 0 Å². The lowest BCUT2D eigenvalue weighted by molar-refractivity contribution is -0.480. The Labute approximate surface area is 116 Å². The zero-order chi connectivity index (χ0) is 12.4. The number of nitrogens with zero attached hydrogens (tertiary/aromatic N) is 5. The van der Waals surface area contributed by atoms with Gasteiger partial charge in [-0.2, -0.15) is 0 Å². The fourth-order valence-electron chi connectivity index (χ4n) is 1.56. The van der Waals surface area contributed by atoms with Crippen LogP contribution in [0.4, 0.5) is 0 Å². The van der Waals surface area contributed by atoms with Crippen LogP contribution in [0.2, 0.25) is 0 Å². The van der Waals surface area contributed by atoms with Crippen molar-refractivity contribution in [1.82, 2.24) is 20.1 Å². The molecular weight excluding hydrogens is 298 g/mol. The molecule has 1 aromatic heterocycles. The summed E-state index contributed by atoms with van der Waals surface area (Å²) in [5, 5.41) is 8.00. The lowest BCUT2D eigenvalue weighted by Gasteiger charge is -2.10. The first kappa shape index (κ1) is 14.4. The van der Waals surface area contributed by atoms with Crippen LogP contribution in [0, 0.1) is 0 Å². The lowest BCUT2D eigenvalue weighted by Crippen LogP contribution is -3.00. The molecule has 2 aromatic rings. The van der Waals surface area contributed by atoms with Gasteiger partial charge in [-0.1, -0.05) is 17.0 Å². The van der Waals surface area contributed by atoms with E-state index >= 15 is 0 Å². The number of halogens is 1. The highest BCUT2D eigenvalue weighted by atomic mass is 79.9. The average molecular weight is 314 g/mol. The molecule has 0 fully saturated rings. The van der Waals surface area contributed by atoms with Gasteiger partial charge in [0.1, 0.15) is 11.0 Å². The van der Waals surface area contributed by atoms with Crippen LogP contribution >= 0.6 is 0 Å². The van der Waals surface area contributed by atoms with Crippen LogP contribution < -0.4 is 21.8 Å². The maximum absolute atomic E-state index is 5.70. The molecule has 0 unspecified atom stereocenters. The van der Waals surface area contributed by atoms with E-state index in [1.807, 2.05) is 61.9 Å². The van der Waals surface area contributed by atoms with Gasteiger partial charge in [-0.15, -0.1) is 5.10 Å². The second kappa shape index (κ2) is 5.81. The van der Waals surface area contributed by atoms with Gasteiger partial charge in [-0.05, 0) is 17.3 Å². The molecule has 0 atom stereocenters. The minimum atomic E-state index is 0. The van der Waals surface area contributed by atoms with Crippen LogP contribution in [-0.4, -0.2) is 58.8 Å². The molecule has 0 spiro atoms. The first-order chi connectivity index (χ1) is 8.09. The van der Waals surface area contributed by atoms with E-state index in [9.17, 15) is 0 Å². The molecule has 0 saturated heterocycles. The van der Waals surface area contributed by atoms with Gasteiger partial charge >= 0.3 is 6.02 Å². The highest BCUT2D eigenvalue weighted by Crippen LogP contribution is 2.08. The zero-order valence-electron chi connectivity index (χ0n) is 10.8. The summed E-state index contributed by atoms with van der Waals surface area (Å²) in [5.41, 5.74) is 1.65. The molecule has 0 radical (unpaired) electrons. The van der Waals surface area contributed by atoms with Gasteiger partial charge in [-0.3, -0.25) is 4.84 Å². The maximum atomic E-state index is 5.70. The van der Waals surface area contributed by atoms with E-state index < -0.39 is 0 Å². The van der Waals surface area contributed by atoms with Gasteiger partial charge in [0, 0.05) is 0 Å². The van der Waals surface area contributed by atoms with Crippen LogP contribution in [0.5, 0.6) is 0 Å². The highest BCUT2D eigenvalue weighted by Gasteiger charge is 2.17. The average Bonchev–Trinajstić information content (AvgIpc) is 2.68. The van der Waals surface area contributed by atoms with Crippen molar-refractivity contribution < 1.29 is 26.4 Å². The number of hydrogen-bond donors (Lipinski definition) is 0. The minimum Gasteiger partial charge on any atom is -1.00 e. The smallest absolute Gasteiger partial charge is 0.471 e. The van der Waals surface area contributed by atoms with Gasteiger partial charge in [0.15, 0.2) is 0 Å². The van der Waals surface area contributed by atoms with E-state index in [1.54, 1.807) is 0 Å². The summed E-state index contributed by atoms with van der Waals surface area (Å²) >= 11 is 0. The summed E-state index contributed by atoms with van der Waals surface area (Å²) in [6.45, 7) is 0. The van der Waals surface area contributed by atoms with Gasteiger partial charge in [-0.25, -0.2) is 9.48 Å². The normalized spacial score (nSPS) is 9.78. The predicted octanol–water partition coefficient (Wildman–Crippen LogP) is -2.95. The molecule has 1 aromatic carbocycles. The number of amidine groups is 1. The molecule has 0 aliphatic heterocycles. The summed E-state index contributed by atoms with van der Waals surface area (Å²) in [6, 6.07) is 8.34. The van der Waals surface area contributed by atoms with Crippen molar-refractivity contribution in [2.75, 3.05) is 28.2 Å². The van der Waals surface area contributed by atoms with Crippen LogP contribution in [0.25, 0.3) is 11.0 Å². The van der Waals surface area contributed by atoms with E-state index in [4.69, 9.17) is 4.84 Å². The number of aromatic nitrogens is 3. The van der Waals surface area contributed by atoms with E-state index in [0.29, 0.717) is 6.02 Å². The van der Waals surface area contributed by atoms with Crippen molar-refractivity contribution in [3.63, 3.8) is 0 Å². The van der Waals surface area contributed by atoms with Crippen LogP contribution in [-0.2, 0) is 0 Å². The van der Waals surface area contributed by atoms with Crippen molar-refractivity contribution in [3.05, 3.63) is 24.3 Å². The molecule has 7 heteroatoms. The van der Waals surface area contributed by atoms with E-state index in [1.165, 1.54) is 4.85 Å². The molecule has 0 aliphatic rings. The first-order valence-corrected chi connectivity index (χ1v) is 5.30. The quantitative estimate of drug-likeness (QED) is 0.321. The maximum Gasteiger partial charge on any atom is 0.471 e. The summed E-state index contributed by atoms with van der Waals surface area (Å²) in [7, 11) is 7.64. The van der Waals surface area contributed by atoms with Gasteiger partial charge in [0.2, 0.25) is 0 Å². The Morgan fingerprint density at radius 2 is 1.94 bits per heavy atom. The van der Waals surface area contributed by atoms with Crippen LogP contribution in [0.1, 0.15) is 0 Å². The Hall–Kier alpha value is -1.63. The molecule has 0 amide bonds. The molecule has 0 N–H and O–H groups in total. The molecule has 98 valence electrons. The third-order valence-electron chi connectivity index (χ3n) is 2.25. The molecule has 0 saturated carbocycles. The first-order valence-electron chi connectivity index (χ1n) is 5.30. The fraction of sp³-hybridized carbons (Fsp3) is 0.364. The summed E-state index contributed by atoms with van der Waals surface area (Å²) in [6.07, 6.45) is 0. The predicted molar refractivity (Wildman–Crippen MR) is 64.9 cm³/mol. The Morgan fingerprint density at radius 1 is 1.28 bits per heavy atom. The minimum absolute atomic E-state index is 0. The second-order valence-electron chi connectivity index (χ2n) is 4.11. The van der Waals surface area contributed by atoms with E-state index in [2.05, 4.69) is 10.3 Å². The van der Waals surface area contributed by atoms with Gasteiger partial charge in [0.05, 0.1) is 28.2 Å². The number of fused-ring (bicyclic) bond motifs is 1. The van der Waals surface area contributed by atoms with Crippen molar-refractivity contribution in [1.29, 1.82) is 0 Å². The summed E-state index contributed by atoms with van der Waals surface area (Å²) in [4.78, 5) is 8.99. The van der Waals surface area contributed by atoms with Gasteiger partial charge in [0.25, 0.3) is 0 Å². The second-order valence-corrected chi connectivity index (χ2v) is 4.11. The number of rotatable bonds is 1. The lowest BCUT2D eigenvalue weighted by atomic mass is 10.3. The van der Waals surface area contributed by atoms with Gasteiger partial charge < -0.3 is 17.0 Å². The number of benzene rings is 1. The number of hydrogen-bond acceptors (Lipinski definition) is 3.